The molecule has 2 atom stereocenters. The zero-order chi connectivity index (χ0) is 18.6. The average molecular weight is 350 g/mol. The summed E-state index contributed by atoms with van der Waals surface area (Å²) in [7, 11) is 0. The number of anilines is 1. The number of β-amino-alcohol motifs (C(OH)–C–C–N with tert-alkyl or cyclic N) is 1. The summed E-state index contributed by atoms with van der Waals surface area (Å²) in [6.07, 6.45) is 0.197. The smallest absolute Gasteiger partial charge is 0.298 e. The summed E-state index contributed by atoms with van der Waals surface area (Å²) in [5, 5.41) is 26.2. The van der Waals surface area contributed by atoms with Crippen LogP contribution in [0.5, 0.6) is 0 Å². The minimum absolute atomic E-state index is 0.0253. The van der Waals surface area contributed by atoms with E-state index in [0.717, 1.165) is 24.1 Å². The minimum Gasteiger partial charge on any atom is -0.483 e. The maximum Gasteiger partial charge on any atom is 0.298 e. The van der Waals surface area contributed by atoms with Gasteiger partial charge in [0.15, 0.2) is 5.58 Å². The summed E-state index contributed by atoms with van der Waals surface area (Å²) >= 11 is 0. The third-order valence-electron chi connectivity index (χ3n) is 4.47. The van der Waals surface area contributed by atoms with Gasteiger partial charge in [0.25, 0.3) is 12.5 Å². The Hall–Kier alpha value is -2.12. The zero-order valence-electron chi connectivity index (χ0n) is 14.8. The van der Waals surface area contributed by atoms with Crippen molar-refractivity contribution in [2.45, 2.75) is 38.7 Å². The molecule has 3 N–H and O–H groups in total. The van der Waals surface area contributed by atoms with E-state index in [1.54, 1.807) is 0 Å². The highest BCUT2D eigenvalue weighted by Gasteiger charge is 2.29. The maximum atomic E-state index is 10.1. The van der Waals surface area contributed by atoms with Gasteiger partial charge in [0.1, 0.15) is 5.52 Å². The Morgan fingerprint density at radius 1 is 1.40 bits per heavy atom. The van der Waals surface area contributed by atoms with Crippen LogP contribution < -0.4 is 4.90 Å². The van der Waals surface area contributed by atoms with Gasteiger partial charge in [0, 0.05) is 25.6 Å². The molecular formula is C18H26N2O5. The molecule has 1 aromatic carbocycles. The van der Waals surface area contributed by atoms with Crippen LogP contribution in [0, 0.1) is 5.92 Å². The highest BCUT2D eigenvalue weighted by Crippen LogP contribution is 2.30. The summed E-state index contributed by atoms with van der Waals surface area (Å²) in [4.78, 5) is 14.9. The van der Waals surface area contributed by atoms with Crippen molar-refractivity contribution >= 4 is 23.6 Å². The third kappa shape index (κ3) is 4.49. The number of hydrogen-bond donors (Lipinski definition) is 3. The number of aromatic nitrogens is 1. The van der Waals surface area contributed by atoms with E-state index in [4.69, 9.17) is 14.3 Å². The monoisotopic (exact) mass is 350 g/mol. The second kappa shape index (κ2) is 7.84. The van der Waals surface area contributed by atoms with Crippen molar-refractivity contribution in [3.63, 3.8) is 0 Å². The van der Waals surface area contributed by atoms with Crippen molar-refractivity contribution < 1.29 is 24.5 Å². The van der Waals surface area contributed by atoms with Gasteiger partial charge in [-0.1, -0.05) is 26.8 Å². The first kappa shape index (κ1) is 19.2. The number of fused-ring (bicyclic) bond motifs is 1. The number of benzene rings is 1. The van der Waals surface area contributed by atoms with E-state index in [-0.39, 0.29) is 24.4 Å². The Morgan fingerprint density at radius 3 is 2.64 bits per heavy atom. The van der Waals surface area contributed by atoms with Crippen molar-refractivity contribution in [1.29, 1.82) is 0 Å². The maximum absolute atomic E-state index is 10.1. The van der Waals surface area contributed by atoms with E-state index in [2.05, 4.69) is 37.9 Å². The number of nitrogens with zero attached hydrogens (tertiary/aromatic N) is 2. The van der Waals surface area contributed by atoms with E-state index in [9.17, 15) is 10.2 Å². The van der Waals surface area contributed by atoms with E-state index >= 15 is 0 Å². The summed E-state index contributed by atoms with van der Waals surface area (Å²) in [5.74, 6) is -0.0480. The molecule has 2 aromatic rings. The molecule has 1 aliphatic rings. The van der Waals surface area contributed by atoms with Crippen LogP contribution in [0.4, 0.5) is 6.01 Å². The van der Waals surface area contributed by atoms with Gasteiger partial charge in [-0.2, -0.15) is 4.98 Å². The number of carbonyl (C=O) groups is 1. The van der Waals surface area contributed by atoms with Gasteiger partial charge in [-0.15, -0.1) is 0 Å². The van der Waals surface area contributed by atoms with Gasteiger partial charge >= 0.3 is 0 Å². The number of aliphatic hydroxyl groups is 2. The fourth-order valence-corrected chi connectivity index (χ4v) is 2.88. The van der Waals surface area contributed by atoms with Crippen LogP contribution in [0.15, 0.2) is 22.6 Å². The second-order valence-electron chi connectivity index (χ2n) is 7.28. The molecule has 0 saturated carbocycles. The third-order valence-corrected chi connectivity index (χ3v) is 4.47. The molecule has 25 heavy (non-hydrogen) atoms. The fraction of sp³-hybridized carbons (Fsp3) is 0.556. The number of carboxylic acid groups (broad SMARTS) is 1. The molecule has 0 spiro atoms. The Balaban J connectivity index is 0.000000701. The van der Waals surface area contributed by atoms with Gasteiger partial charge in [0.05, 0.1) is 6.10 Å². The van der Waals surface area contributed by atoms with Crippen LogP contribution in [0.1, 0.15) is 32.8 Å². The summed E-state index contributed by atoms with van der Waals surface area (Å²) in [5.41, 5.74) is 2.91. The van der Waals surface area contributed by atoms with E-state index in [0.29, 0.717) is 12.6 Å². The molecule has 3 rings (SSSR count). The molecule has 138 valence electrons. The molecular weight excluding hydrogens is 324 g/mol. The zero-order valence-corrected chi connectivity index (χ0v) is 14.8. The minimum atomic E-state index is -0.543. The molecule has 1 aliphatic heterocycles. The first-order valence-corrected chi connectivity index (χ1v) is 8.33. The molecule has 0 amide bonds. The van der Waals surface area contributed by atoms with Crippen LogP contribution in [0.2, 0.25) is 0 Å². The van der Waals surface area contributed by atoms with Gasteiger partial charge < -0.3 is 24.6 Å². The Labute approximate surface area is 146 Å². The lowest BCUT2D eigenvalue weighted by Crippen LogP contribution is -2.45. The highest BCUT2D eigenvalue weighted by molar-refractivity contribution is 5.75. The van der Waals surface area contributed by atoms with Crippen molar-refractivity contribution in [3.8, 4) is 0 Å². The molecule has 1 saturated heterocycles. The first-order valence-electron chi connectivity index (χ1n) is 8.33. The second-order valence-corrected chi connectivity index (χ2v) is 7.28. The van der Waals surface area contributed by atoms with Gasteiger partial charge in [-0.05, 0) is 29.5 Å². The van der Waals surface area contributed by atoms with Gasteiger partial charge in [-0.25, -0.2) is 0 Å². The Morgan fingerprint density at radius 2 is 2.08 bits per heavy atom. The van der Waals surface area contributed by atoms with Crippen molar-refractivity contribution in [1.82, 2.24) is 4.98 Å². The van der Waals surface area contributed by atoms with E-state index in [1.165, 1.54) is 5.56 Å². The van der Waals surface area contributed by atoms with Crippen LogP contribution >= 0.6 is 0 Å². The normalized spacial score (nSPS) is 20.9. The number of hydrogen-bond acceptors (Lipinski definition) is 6. The quantitative estimate of drug-likeness (QED) is 0.711. The number of rotatable bonds is 2. The molecule has 0 aliphatic carbocycles. The van der Waals surface area contributed by atoms with Crippen LogP contribution in [0.3, 0.4) is 0 Å². The number of oxazole rings is 1. The van der Waals surface area contributed by atoms with Gasteiger partial charge in [0.2, 0.25) is 0 Å². The first-order chi connectivity index (χ1) is 11.8. The summed E-state index contributed by atoms with van der Waals surface area (Å²) in [6.45, 7) is 7.48. The largest absolute Gasteiger partial charge is 0.483 e. The predicted molar refractivity (Wildman–Crippen MR) is 94.8 cm³/mol. The lowest BCUT2D eigenvalue weighted by Gasteiger charge is -2.33. The summed E-state index contributed by atoms with van der Waals surface area (Å²) in [6, 6.07) is 6.66. The molecule has 1 aromatic heterocycles. The Bertz CT molecular complexity index is 707. The van der Waals surface area contributed by atoms with E-state index < -0.39 is 6.10 Å². The van der Waals surface area contributed by atoms with Crippen LogP contribution in [0.25, 0.3) is 11.1 Å². The molecule has 1 fully saturated rings. The average Bonchev–Trinajstić information content (AvgIpc) is 2.98. The SMILES string of the molecule is CC(C)(C)c1ccc2oc(N3CC[C@H](CO)[C@@H](O)C3)nc2c1.O=CO. The molecule has 0 radical (unpaired) electrons. The molecule has 0 bridgehead atoms. The lowest BCUT2D eigenvalue weighted by molar-refractivity contribution is -0.122. The highest BCUT2D eigenvalue weighted by atomic mass is 16.4. The van der Waals surface area contributed by atoms with Crippen molar-refractivity contribution in [2.75, 3.05) is 24.6 Å². The molecule has 2 heterocycles. The predicted octanol–water partition coefficient (Wildman–Crippen LogP) is 2.01. The van der Waals surface area contributed by atoms with E-state index in [1.807, 2.05) is 11.0 Å². The molecule has 7 heteroatoms. The number of aliphatic hydroxyl groups excluding tert-OH is 2. The van der Waals surface area contributed by atoms with Gasteiger partial charge in [-0.3, -0.25) is 4.79 Å². The van der Waals surface area contributed by atoms with Crippen LogP contribution in [-0.4, -0.2) is 52.6 Å². The van der Waals surface area contributed by atoms with Crippen LogP contribution in [-0.2, 0) is 10.2 Å². The standard InChI is InChI=1S/C17H24N2O3.CH2O2/c1-17(2,3)12-4-5-15-13(8-12)18-16(22-15)19-7-6-11(10-20)14(21)9-19;2-1-3/h4-5,8,11,14,20-21H,6-7,9-10H2,1-3H3;1H,(H,2,3)/t11-,14+;/m1./s1. The molecule has 7 nitrogen and oxygen atoms in total. The Kier molecular flexibility index (Phi) is 6.02. The number of piperidine rings is 1. The molecule has 0 unspecified atom stereocenters. The van der Waals surface area contributed by atoms with Crippen molar-refractivity contribution in [3.05, 3.63) is 23.8 Å². The fourth-order valence-electron chi connectivity index (χ4n) is 2.88. The lowest BCUT2D eigenvalue weighted by atomic mass is 9.87. The topological polar surface area (TPSA) is 107 Å². The van der Waals surface area contributed by atoms with Crippen molar-refractivity contribution in [2.24, 2.45) is 5.92 Å². The summed E-state index contributed by atoms with van der Waals surface area (Å²) < 4.78 is 5.83.